The molecular formula is C17H16ClN3OS. The lowest BCUT2D eigenvalue weighted by Crippen LogP contribution is -2.05. The largest absolute Gasteiger partial charge is 0.399 e. The van der Waals surface area contributed by atoms with E-state index in [4.69, 9.17) is 21.4 Å². The van der Waals surface area contributed by atoms with Crippen molar-refractivity contribution in [2.45, 2.75) is 25.7 Å². The van der Waals surface area contributed by atoms with Crippen molar-refractivity contribution in [2.24, 2.45) is 5.16 Å². The van der Waals surface area contributed by atoms with Crippen LogP contribution in [0.4, 0.5) is 0 Å². The van der Waals surface area contributed by atoms with Crippen LogP contribution in [0.5, 0.6) is 0 Å². The first kappa shape index (κ1) is 14.7. The standard InChI is InChI=1S/C17H16ClN3OS/c1-22-19-10-14-16(11-6-8-12(18)9-7-11)20-17-21(14)13-4-2-3-5-15(13)23-17/h6-10H,2-5H2,1H3/b19-10-. The number of thiazole rings is 1. The average Bonchev–Trinajstić information content (AvgIpc) is 3.10. The van der Waals surface area contributed by atoms with Gasteiger partial charge in [-0.2, -0.15) is 0 Å². The molecule has 0 saturated heterocycles. The van der Waals surface area contributed by atoms with Gasteiger partial charge in [0.15, 0.2) is 4.96 Å². The molecule has 2 heterocycles. The smallest absolute Gasteiger partial charge is 0.195 e. The highest BCUT2D eigenvalue weighted by molar-refractivity contribution is 7.17. The first-order valence-corrected chi connectivity index (χ1v) is 8.83. The van der Waals surface area contributed by atoms with E-state index in [0.717, 1.165) is 39.8 Å². The lowest BCUT2D eigenvalue weighted by atomic mass is 10.0. The third-order valence-electron chi connectivity index (χ3n) is 4.15. The van der Waals surface area contributed by atoms with Crippen LogP contribution in [0.15, 0.2) is 29.4 Å². The summed E-state index contributed by atoms with van der Waals surface area (Å²) >= 11 is 7.79. The molecule has 0 N–H and O–H groups in total. The van der Waals surface area contributed by atoms with Gasteiger partial charge in [-0.15, -0.1) is 11.3 Å². The van der Waals surface area contributed by atoms with Crippen LogP contribution in [0.25, 0.3) is 16.2 Å². The first-order chi connectivity index (χ1) is 11.3. The van der Waals surface area contributed by atoms with Gasteiger partial charge in [0.25, 0.3) is 0 Å². The van der Waals surface area contributed by atoms with Crippen molar-refractivity contribution < 1.29 is 4.84 Å². The Bertz CT molecular complexity index is 880. The topological polar surface area (TPSA) is 38.9 Å². The molecule has 0 bridgehead atoms. The SMILES string of the molecule is CO/N=C\c1c(-c2ccc(Cl)cc2)nc2sc3c(n12)CCCC3. The summed E-state index contributed by atoms with van der Waals surface area (Å²) in [4.78, 5) is 12.2. The molecule has 1 aliphatic carbocycles. The molecule has 0 saturated carbocycles. The van der Waals surface area contributed by atoms with E-state index < -0.39 is 0 Å². The van der Waals surface area contributed by atoms with Gasteiger partial charge in [0.1, 0.15) is 7.11 Å². The van der Waals surface area contributed by atoms with E-state index in [9.17, 15) is 0 Å². The Morgan fingerprint density at radius 1 is 1.26 bits per heavy atom. The van der Waals surface area contributed by atoms with Crippen molar-refractivity contribution in [3.63, 3.8) is 0 Å². The molecule has 0 aliphatic heterocycles. The molecule has 0 atom stereocenters. The van der Waals surface area contributed by atoms with Gasteiger partial charge in [-0.25, -0.2) is 4.98 Å². The summed E-state index contributed by atoms with van der Waals surface area (Å²) < 4.78 is 2.24. The quantitative estimate of drug-likeness (QED) is 0.515. The first-order valence-electron chi connectivity index (χ1n) is 7.63. The number of rotatable bonds is 3. The molecule has 0 radical (unpaired) electrons. The molecule has 0 unspecified atom stereocenters. The van der Waals surface area contributed by atoms with Gasteiger partial charge in [0.05, 0.1) is 17.6 Å². The van der Waals surface area contributed by atoms with Crippen molar-refractivity contribution in [1.29, 1.82) is 0 Å². The number of benzene rings is 1. The third kappa shape index (κ3) is 2.54. The summed E-state index contributed by atoms with van der Waals surface area (Å²) in [5.74, 6) is 0. The van der Waals surface area contributed by atoms with Crippen LogP contribution in [0.3, 0.4) is 0 Å². The van der Waals surface area contributed by atoms with Crippen LogP contribution >= 0.6 is 22.9 Å². The number of aryl methyl sites for hydroxylation is 2. The maximum Gasteiger partial charge on any atom is 0.195 e. The molecule has 23 heavy (non-hydrogen) atoms. The lowest BCUT2D eigenvalue weighted by Gasteiger charge is -2.11. The number of oxime groups is 1. The van der Waals surface area contributed by atoms with E-state index >= 15 is 0 Å². The highest BCUT2D eigenvalue weighted by Gasteiger charge is 2.22. The average molecular weight is 346 g/mol. The molecule has 1 aromatic carbocycles. The fourth-order valence-electron chi connectivity index (χ4n) is 3.10. The van der Waals surface area contributed by atoms with E-state index in [1.165, 1.54) is 23.4 Å². The molecule has 0 fully saturated rings. The van der Waals surface area contributed by atoms with E-state index in [2.05, 4.69) is 9.56 Å². The van der Waals surface area contributed by atoms with Crippen LogP contribution in [-0.4, -0.2) is 22.7 Å². The minimum absolute atomic E-state index is 0.722. The Hall–Kier alpha value is -1.85. The van der Waals surface area contributed by atoms with Crippen molar-refractivity contribution in [3.8, 4) is 11.3 Å². The highest BCUT2D eigenvalue weighted by Crippen LogP contribution is 2.34. The molecule has 118 valence electrons. The molecule has 0 spiro atoms. The van der Waals surface area contributed by atoms with Crippen LogP contribution in [0, 0.1) is 0 Å². The van der Waals surface area contributed by atoms with Gasteiger partial charge >= 0.3 is 0 Å². The second kappa shape index (κ2) is 5.98. The Balaban J connectivity index is 1.95. The van der Waals surface area contributed by atoms with Crippen LogP contribution in [0.1, 0.15) is 29.1 Å². The summed E-state index contributed by atoms with van der Waals surface area (Å²) in [5.41, 5.74) is 4.31. The van der Waals surface area contributed by atoms with Gasteiger partial charge < -0.3 is 4.84 Å². The molecule has 2 aromatic heterocycles. The number of fused-ring (bicyclic) bond motifs is 3. The number of hydrogen-bond donors (Lipinski definition) is 0. The number of nitrogens with zero attached hydrogens (tertiary/aromatic N) is 3. The van der Waals surface area contributed by atoms with E-state index in [1.54, 1.807) is 24.7 Å². The summed E-state index contributed by atoms with van der Waals surface area (Å²) in [5, 5.41) is 4.71. The minimum Gasteiger partial charge on any atom is -0.399 e. The van der Waals surface area contributed by atoms with E-state index in [-0.39, 0.29) is 0 Å². The zero-order valence-corrected chi connectivity index (χ0v) is 14.3. The van der Waals surface area contributed by atoms with Gasteiger partial charge in [-0.1, -0.05) is 28.9 Å². The fraction of sp³-hybridized carbons (Fsp3) is 0.294. The second-order valence-corrected chi connectivity index (χ2v) is 7.07. The number of imidazole rings is 1. The monoisotopic (exact) mass is 345 g/mol. The molecule has 6 heteroatoms. The zero-order chi connectivity index (χ0) is 15.8. The lowest BCUT2D eigenvalue weighted by molar-refractivity contribution is 0.215. The molecule has 1 aliphatic rings. The molecular weight excluding hydrogens is 330 g/mol. The van der Waals surface area contributed by atoms with Crippen molar-refractivity contribution >= 4 is 34.1 Å². The Labute approximate surface area is 143 Å². The number of aromatic nitrogens is 2. The Morgan fingerprint density at radius 3 is 2.83 bits per heavy atom. The van der Waals surface area contributed by atoms with Crippen LogP contribution < -0.4 is 0 Å². The summed E-state index contributed by atoms with van der Waals surface area (Å²) in [7, 11) is 1.56. The maximum atomic E-state index is 6.01. The summed E-state index contributed by atoms with van der Waals surface area (Å²) in [6.07, 6.45) is 6.50. The van der Waals surface area contributed by atoms with Crippen LogP contribution in [-0.2, 0) is 17.7 Å². The van der Waals surface area contributed by atoms with Gasteiger partial charge in [0.2, 0.25) is 0 Å². The number of hydrogen-bond acceptors (Lipinski definition) is 4. The second-order valence-electron chi connectivity index (χ2n) is 5.57. The van der Waals surface area contributed by atoms with Crippen LogP contribution in [0.2, 0.25) is 5.02 Å². The fourth-order valence-corrected chi connectivity index (χ4v) is 4.44. The minimum atomic E-state index is 0.722. The van der Waals surface area contributed by atoms with Crippen molar-refractivity contribution in [3.05, 3.63) is 45.6 Å². The molecule has 4 nitrogen and oxygen atoms in total. The van der Waals surface area contributed by atoms with Gasteiger partial charge in [-0.3, -0.25) is 4.40 Å². The molecule has 4 rings (SSSR count). The van der Waals surface area contributed by atoms with Gasteiger partial charge in [0, 0.05) is 21.2 Å². The third-order valence-corrected chi connectivity index (χ3v) is 5.55. The van der Waals surface area contributed by atoms with Crippen molar-refractivity contribution in [1.82, 2.24) is 9.38 Å². The number of halogens is 1. The Kier molecular flexibility index (Phi) is 3.83. The molecule has 0 amide bonds. The van der Waals surface area contributed by atoms with E-state index in [0.29, 0.717) is 0 Å². The van der Waals surface area contributed by atoms with E-state index in [1.807, 2.05) is 24.3 Å². The summed E-state index contributed by atoms with van der Waals surface area (Å²) in [6, 6.07) is 7.75. The predicted molar refractivity (Wildman–Crippen MR) is 94.8 cm³/mol. The molecule has 3 aromatic rings. The predicted octanol–water partition coefficient (Wildman–Crippen LogP) is 4.58. The maximum absolute atomic E-state index is 6.01. The summed E-state index contributed by atoms with van der Waals surface area (Å²) in [6.45, 7) is 0. The zero-order valence-electron chi connectivity index (χ0n) is 12.8. The highest BCUT2D eigenvalue weighted by atomic mass is 35.5. The van der Waals surface area contributed by atoms with Crippen molar-refractivity contribution in [2.75, 3.05) is 7.11 Å². The Morgan fingerprint density at radius 2 is 2.04 bits per heavy atom. The normalized spacial score (nSPS) is 14.5. The van der Waals surface area contributed by atoms with Gasteiger partial charge in [-0.05, 0) is 37.8 Å².